The highest BCUT2D eigenvalue weighted by Gasteiger charge is 2.47. The van der Waals surface area contributed by atoms with Crippen LogP contribution in [0.25, 0.3) is 98.0 Å². The van der Waals surface area contributed by atoms with Gasteiger partial charge in [-0.2, -0.15) is 0 Å². The van der Waals surface area contributed by atoms with Crippen LogP contribution in [0.5, 0.6) is 0 Å². The Balaban J connectivity index is 0.979. The van der Waals surface area contributed by atoms with Crippen LogP contribution < -0.4 is 30.4 Å². The molecule has 3 heterocycles. The van der Waals surface area contributed by atoms with Crippen LogP contribution >= 0.6 is 11.3 Å². The van der Waals surface area contributed by atoms with Crippen LogP contribution in [0.2, 0.25) is 0 Å². The van der Waals surface area contributed by atoms with Gasteiger partial charge < -0.3 is 14.7 Å². The molecule has 18 rings (SSSR count). The van der Waals surface area contributed by atoms with E-state index >= 15 is 0 Å². The fourth-order valence-electron chi connectivity index (χ4n) is 15.6. The highest BCUT2D eigenvalue weighted by molar-refractivity contribution is 7.33. The van der Waals surface area contributed by atoms with Crippen LogP contribution in [0.3, 0.4) is 0 Å². The fourth-order valence-corrected chi connectivity index (χ4v) is 16.9. The van der Waals surface area contributed by atoms with E-state index in [1.165, 1.54) is 131 Å². The average molecular weight is 1260 g/mol. The molecule has 0 atom stereocenters. The number of anilines is 9. The van der Waals surface area contributed by atoms with E-state index in [0.717, 1.165) is 45.5 Å². The topological polar surface area (TPSA) is 9.72 Å². The van der Waals surface area contributed by atoms with E-state index in [1.54, 1.807) is 0 Å². The molecule has 0 aliphatic carbocycles. The molecule has 2 aliphatic rings. The zero-order valence-corrected chi connectivity index (χ0v) is 56.2. The van der Waals surface area contributed by atoms with Gasteiger partial charge in [-0.05, 0) is 224 Å². The SMILES string of the molecule is CC(C)(C)c1ccc(N2c3cc(N(c4ccccc4)c4ccccc4)cc4c3B(c3cc(-c5cc(-c6ccccc6)cc(-c6ccccc6)c5)ccc3N4c3ccc(C(C)(C)C)cc3-c3cc4ccc5cccc6ccc(c3)c4c56)c3sc4ccc(-c5ccccc5)cc4c32)cc1. The molecule has 5 heteroatoms. The maximum Gasteiger partial charge on any atom is 0.264 e. The molecule has 97 heavy (non-hydrogen) atoms. The van der Waals surface area contributed by atoms with E-state index < -0.39 is 0 Å². The molecule has 1 aromatic heterocycles. The second kappa shape index (κ2) is 22.7. The molecule has 0 spiro atoms. The normalized spacial score (nSPS) is 12.8. The first-order valence-electron chi connectivity index (χ1n) is 34.0. The van der Waals surface area contributed by atoms with Crippen molar-refractivity contribution in [1.82, 2.24) is 0 Å². The first-order chi connectivity index (χ1) is 47.3. The summed E-state index contributed by atoms with van der Waals surface area (Å²) in [7, 11) is 0. The van der Waals surface area contributed by atoms with Gasteiger partial charge in [0, 0.05) is 54.6 Å². The highest BCUT2D eigenvalue weighted by atomic mass is 32.1. The third kappa shape index (κ3) is 9.93. The first-order valence-corrected chi connectivity index (χ1v) is 34.8. The molecule has 0 saturated carbocycles. The summed E-state index contributed by atoms with van der Waals surface area (Å²) in [4.78, 5) is 7.78. The van der Waals surface area contributed by atoms with Crippen LogP contribution in [0.15, 0.2) is 315 Å². The van der Waals surface area contributed by atoms with Gasteiger partial charge in [0.1, 0.15) is 0 Å². The third-order valence-electron chi connectivity index (χ3n) is 20.4. The average Bonchev–Trinajstić information content (AvgIpc) is 1.68. The molecule has 15 aromatic carbocycles. The van der Waals surface area contributed by atoms with Gasteiger partial charge in [-0.3, -0.25) is 0 Å². The van der Waals surface area contributed by atoms with Gasteiger partial charge in [0.05, 0.1) is 17.1 Å². The third-order valence-corrected chi connectivity index (χ3v) is 21.6. The smallest absolute Gasteiger partial charge is 0.264 e. The quantitative estimate of drug-likeness (QED) is 0.0998. The van der Waals surface area contributed by atoms with Crippen molar-refractivity contribution in [3.63, 3.8) is 0 Å². The second-order valence-electron chi connectivity index (χ2n) is 28.5. The van der Waals surface area contributed by atoms with Gasteiger partial charge in [0.15, 0.2) is 0 Å². The first kappa shape index (κ1) is 58.4. The molecule has 0 fully saturated rings. The summed E-state index contributed by atoms with van der Waals surface area (Å²) in [5, 5.41) is 8.88. The lowest BCUT2D eigenvalue weighted by Crippen LogP contribution is -2.60. The Morgan fingerprint density at radius 2 is 0.794 bits per heavy atom. The number of fused-ring (bicyclic) bond motifs is 6. The van der Waals surface area contributed by atoms with Crippen LogP contribution in [-0.2, 0) is 10.8 Å². The van der Waals surface area contributed by atoms with E-state index in [2.05, 4.69) is 372 Å². The van der Waals surface area contributed by atoms with Crippen molar-refractivity contribution >= 4 is 127 Å². The monoisotopic (exact) mass is 1260 g/mol. The Labute approximate surface area is 572 Å². The Kier molecular flexibility index (Phi) is 13.7. The molecule has 0 N–H and O–H groups in total. The van der Waals surface area contributed by atoms with Gasteiger partial charge in [-0.1, -0.05) is 248 Å². The molecule has 3 nitrogen and oxygen atoms in total. The standard InChI is InChI=1S/C92H70BN3S/c1-91(2,3)72-41-44-76(45-42-72)95-83-57-77(94(74-31-18-10-19-32-74)75-33-20-11-21-34-75)58-84-88(83)93(90-89(95)79-54-64(40-48-85(79)97-90)59-23-12-7-13-24-59)80-55-65(70-52-68(60-25-14-8-15-26-60)51-69(53-70)61-27-16-9-17-28-61)39-46-82(80)96(84)81-47-43-73(92(4,5)6)56-78(81)71-49-66-37-35-62-29-22-30-63-36-38-67(50-71)87(66)86(62)63/h7-58H,1-6H3. The molecular weight excluding hydrogens is 1190 g/mol. The van der Waals surface area contributed by atoms with Crippen molar-refractivity contribution in [3.05, 3.63) is 327 Å². The number of para-hydroxylation sites is 2. The van der Waals surface area contributed by atoms with E-state index in [1.807, 2.05) is 11.3 Å². The summed E-state index contributed by atoms with van der Waals surface area (Å²) in [6.45, 7) is 13.8. The minimum atomic E-state index is -0.189. The molecule has 2 aliphatic heterocycles. The van der Waals surface area contributed by atoms with Gasteiger partial charge in [-0.25, -0.2) is 0 Å². The van der Waals surface area contributed by atoms with Gasteiger partial charge in [0.25, 0.3) is 6.71 Å². The lowest BCUT2D eigenvalue weighted by molar-refractivity contribution is 0.590. The predicted molar refractivity (Wildman–Crippen MR) is 419 cm³/mol. The van der Waals surface area contributed by atoms with Crippen molar-refractivity contribution in [2.45, 2.75) is 52.4 Å². The van der Waals surface area contributed by atoms with Crippen molar-refractivity contribution in [3.8, 4) is 55.6 Å². The number of nitrogens with zero attached hydrogens (tertiary/aromatic N) is 3. The lowest BCUT2D eigenvalue weighted by Gasteiger charge is -2.44. The van der Waals surface area contributed by atoms with Crippen LogP contribution in [0, 0.1) is 0 Å². The van der Waals surface area contributed by atoms with E-state index in [4.69, 9.17) is 0 Å². The Morgan fingerprint density at radius 1 is 0.320 bits per heavy atom. The zero-order valence-electron chi connectivity index (χ0n) is 55.3. The Hall–Kier alpha value is -11.2. The number of hydrogen-bond donors (Lipinski definition) is 0. The minimum Gasteiger partial charge on any atom is -0.311 e. The maximum absolute atomic E-state index is 2.67. The van der Waals surface area contributed by atoms with Crippen molar-refractivity contribution in [1.29, 1.82) is 0 Å². The summed E-state index contributed by atoms with van der Waals surface area (Å²) in [5.41, 5.74) is 26.8. The Morgan fingerprint density at radius 3 is 1.36 bits per heavy atom. The molecule has 0 radical (unpaired) electrons. The van der Waals surface area contributed by atoms with Gasteiger partial charge in [0.2, 0.25) is 0 Å². The van der Waals surface area contributed by atoms with E-state index in [-0.39, 0.29) is 17.5 Å². The summed E-state index contributed by atoms with van der Waals surface area (Å²) >= 11 is 1.95. The van der Waals surface area contributed by atoms with Crippen molar-refractivity contribution in [2.75, 3.05) is 14.7 Å². The van der Waals surface area contributed by atoms with E-state index in [9.17, 15) is 0 Å². The van der Waals surface area contributed by atoms with Crippen LogP contribution in [-0.4, -0.2) is 6.71 Å². The fraction of sp³-hybridized carbons (Fsp3) is 0.0870. The van der Waals surface area contributed by atoms with Crippen LogP contribution in [0.1, 0.15) is 52.7 Å². The van der Waals surface area contributed by atoms with Crippen molar-refractivity contribution in [2.24, 2.45) is 0 Å². The number of rotatable bonds is 10. The minimum absolute atomic E-state index is 0.0538. The number of benzene rings is 15. The van der Waals surface area contributed by atoms with Crippen LogP contribution in [0.4, 0.5) is 51.2 Å². The maximum atomic E-state index is 2.67. The summed E-state index contributed by atoms with van der Waals surface area (Å²) in [6.07, 6.45) is 0. The van der Waals surface area contributed by atoms with Crippen molar-refractivity contribution < 1.29 is 0 Å². The Bertz CT molecular complexity index is 5550. The number of thiophene rings is 1. The van der Waals surface area contributed by atoms with Gasteiger partial charge >= 0.3 is 0 Å². The molecule has 462 valence electrons. The summed E-state index contributed by atoms with van der Waals surface area (Å²) in [6, 6.07) is 119. The predicted octanol–water partition coefficient (Wildman–Crippen LogP) is 24.3. The molecule has 0 amide bonds. The summed E-state index contributed by atoms with van der Waals surface area (Å²) in [5.74, 6) is 0. The zero-order chi connectivity index (χ0) is 65.3. The molecule has 0 bridgehead atoms. The summed E-state index contributed by atoms with van der Waals surface area (Å²) < 4.78 is 2.57. The lowest BCUT2D eigenvalue weighted by atomic mass is 9.36. The van der Waals surface area contributed by atoms with E-state index in [0.29, 0.717) is 0 Å². The molecular formula is C92H70BN3S. The second-order valence-corrected chi connectivity index (χ2v) is 29.6. The molecule has 0 saturated heterocycles. The molecule has 16 aromatic rings. The van der Waals surface area contributed by atoms with Gasteiger partial charge in [-0.15, -0.1) is 11.3 Å². The largest absolute Gasteiger partial charge is 0.311 e. The highest BCUT2D eigenvalue weighted by Crippen LogP contribution is 2.54. The number of hydrogen-bond acceptors (Lipinski definition) is 4. The molecule has 0 unspecified atom stereocenters.